The largest absolute Gasteiger partial charge is 0.337 e. The molecule has 0 saturated heterocycles. The van der Waals surface area contributed by atoms with Gasteiger partial charge in [0.1, 0.15) is 5.82 Å². The lowest BCUT2D eigenvalue weighted by Crippen LogP contribution is -2.30. The molecule has 1 aromatic rings. The predicted octanol–water partition coefficient (Wildman–Crippen LogP) is 0.420. The summed E-state index contributed by atoms with van der Waals surface area (Å²) in [6, 6.07) is 0. The lowest BCUT2D eigenvalue weighted by atomic mass is 10.6. The molecule has 0 amide bonds. The number of aromatic nitrogens is 2. The average Bonchev–Trinajstić information content (AvgIpc) is 2.52. The second-order valence-corrected chi connectivity index (χ2v) is 5.79. The summed E-state index contributed by atoms with van der Waals surface area (Å²) in [6.45, 7) is 0.267. The Morgan fingerprint density at radius 3 is 2.73 bits per heavy atom. The Morgan fingerprint density at radius 2 is 2.27 bits per heavy atom. The van der Waals surface area contributed by atoms with Gasteiger partial charge in [-0.2, -0.15) is 4.31 Å². The Morgan fingerprint density at radius 1 is 1.60 bits per heavy atom. The highest BCUT2D eigenvalue weighted by atomic mass is 35.5. The van der Waals surface area contributed by atoms with Crippen LogP contribution in [-0.4, -0.2) is 41.0 Å². The van der Waals surface area contributed by atoms with Crippen molar-refractivity contribution in [3.8, 4) is 0 Å². The van der Waals surface area contributed by atoms with Crippen LogP contribution in [0.25, 0.3) is 0 Å². The van der Waals surface area contributed by atoms with E-state index in [1.165, 1.54) is 11.4 Å². The average molecular weight is 252 g/mol. The maximum atomic E-state index is 11.6. The minimum atomic E-state index is -3.26. The maximum absolute atomic E-state index is 11.6. The number of imidazole rings is 1. The standard InChI is InChI=1S/C8H14ClN3O2S/c1-11-5-4-10-8(11)7-12(2)15(13,14)6-3-9/h4-5H,3,6-7H2,1-2H3. The Hall–Kier alpha value is -0.590. The van der Waals surface area contributed by atoms with Crippen molar-refractivity contribution in [1.82, 2.24) is 13.9 Å². The van der Waals surface area contributed by atoms with Crippen molar-refractivity contribution in [2.45, 2.75) is 6.54 Å². The van der Waals surface area contributed by atoms with Crippen molar-refractivity contribution in [1.29, 1.82) is 0 Å². The number of hydrogen-bond acceptors (Lipinski definition) is 3. The minimum absolute atomic E-state index is 0.0462. The van der Waals surface area contributed by atoms with E-state index in [-0.39, 0.29) is 18.2 Å². The summed E-state index contributed by atoms with van der Waals surface area (Å²) in [5.41, 5.74) is 0. The van der Waals surface area contributed by atoms with Gasteiger partial charge in [0.15, 0.2) is 0 Å². The molecule has 1 rings (SSSR count). The van der Waals surface area contributed by atoms with Crippen LogP contribution in [0.1, 0.15) is 5.82 Å². The molecule has 0 aliphatic carbocycles. The van der Waals surface area contributed by atoms with Crippen LogP contribution in [0.2, 0.25) is 0 Å². The van der Waals surface area contributed by atoms with Crippen LogP contribution >= 0.6 is 11.6 Å². The Labute approximate surface area is 94.7 Å². The molecule has 15 heavy (non-hydrogen) atoms. The van der Waals surface area contributed by atoms with E-state index in [1.54, 1.807) is 17.0 Å². The fourth-order valence-electron chi connectivity index (χ4n) is 1.10. The van der Waals surface area contributed by atoms with Crippen molar-refractivity contribution in [2.24, 2.45) is 7.05 Å². The van der Waals surface area contributed by atoms with Gasteiger partial charge in [0.2, 0.25) is 10.0 Å². The van der Waals surface area contributed by atoms with Gasteiger partial charge in [-0.15, -0.1) is 11.6 Å². The molecule has 86 valence electrons. The Bertz CT molecular complexity index is 415. The first kappa shape index (κ1) is 12.5. The maximum Gasteiger partial charge on any atom is 0.215 e. The zero-order chi connectivity index (χ0) is 11.5. The van der Waals surface area contributed by atoms with Gasteiger partial charge in [0, 0.05) is 32.4 Å². The number of aryl methyl sites for hydroxylation is 1. The summed E-state index contributed by atoms with van der Waals surface area (Å²) >= 11 is 5.42. The summed E-state index contributed by atoms with van der Waals surface area (Å²) in [4.78, 5) is 4.05. The molecule has 0 aromatic carbocycles. The van der Waals surface area contributed by atoms with Gasteiger partial charge in [-0.1, -0.05) is 0 Å². The Balaban J connectivity index is 2.72. The molecule has 0 atom stereocenters. The topological polar surface area (TPSA) is 55.2 Å². The summed E-state index contributed by atoms with van der Waals surface area (Å²) < 4.78 is 26.2. The van der Waals surface area contributed by atoms with E-state index in [4.69, 9.17) is 11.6 Å². The SMILES string of the molecule is CN(Cc1nccn1C)S(=O)(=O)CCCl. The monoisotopic (exact) mass is 251 g/mol. The molecule has 1 heterocycles. The highest BCUT2D eigenvalue weighted by Gasteiger charge is 2.18. The molecule has 0 spiro atoms. The van der Waals surface area contributed by atoms with Gasteiger partial charge in [0.25, 0.3) is 0 Å². The summed E-state index contributed by atoms with van der Waals surface area (Å²) in [7, 11) is 0.0930. The van der Waals surface area contributed by atoms with Gasteiger partial charge < -0.3 is 4.57 Å². The predicted molar refractivity (Wildman–Crippen MR) is 59.2 cm³/mol. The summed E-state index contributed by atoms with van der Waals surface area (Å²) in [5.74, 6) is 0.763. The highest BCUT2D eigenvalue weighted by molar-refractivity contribution is 7.89. The molecule has 0 bridgehead atoms. The quantitative estimate of drug-likeness (QED) is 0.713. The van der Waals surface area contributed by atoms with E-state index in [0.717, 1.165) is 0 Å². The smallest absolute Gasteiger partial charge is 0.215 e. The number of rotatable bonds is 5. The minimum Gasteiger partial charge on any atom is -0.337 e. The fraction of sp³-hybridized carbons (Fsp3) is 0.625. The molecule has 0 aliphatic rings. The number of sulfonamides is 1. The third-order valence-corrected chi connectivity index (χ3v) is 4.31. The molecule has 0 aliphatic heterocycles. The van der Waals surface area contributed by atoms with Crippen LogP contribution in [0.15, 0.2) is 12.4 Å². The van der Waals surface area contributed by atoms with E-state index >= 15 is 0 Å². The second-order valence-electron chi connectivity index (χ2n) is 3.22. The number of alkyl halides is 1. The third kappa shape index (κ3) is 3.19. The first-order chi connectivity index (χ1) is 6.97. The van der Waals surface area contributed by atoms with Crippen molar-refractivity contribution >= 4 is 21.6 Å². The molecule has 0 unspecified atom stereocenters. The third-order valence-electron chi connectivity index (χ3n) is 2.10. The number of halogens is 1. The van der Waals surface area contributed by atoms with Gasteiger partial charge in [-0.25, -0.2) is 13.4 Å². The van der Waals surface area contributed by atoms with Crippen molar-refractivity contribution in [3.05, 3.63) is 18.2 Å². The zero-order valence-corrected chi connectivity index (χ0v) is 10.3. The number of nitrogens with zero attached hydrogens (tertiary/aromatic N) is 3. The molecule has 7 heteroatoms. The normalized spacial score (nSPS) is 12.3. The second kappa shape index (κ2) is 4.96. The van der Waals surface area contributed by atoms with Crippen molar-refractivity contribution in [2.75, 3.05) is 18.7 Å². The van der Waals surface area contributed by atoms with Crippen LogP contribution in [-0.2, 0) is 23.6 Å². The molecule has 0 fully saturated rings. The molecule has 0 saturated carbocycles. The summed E-state index contributed by atoms with van der Waals surface area (Å²) in [6.07, 6.45) is 3.41. The molecule has 0 N–H and O–H groups in total. The van der Waals surface area contributed by atoms with Crippen LogP contribution in [0.3, 0.4) is 0 Å². The first-order valence-corrected chi connectivity index (χ1v) is 6.58. The lowest BCUT2D eigenvalue weighted by Gasteiger charge is -2.15. The zero-order valence-electron chi connectivity index (χ0n) is 8.72. The van der Waals surface area contributed by atoms with Crippen LogP contribution in [0, 0.1) is 0 Å². The van der Waals surface area contributed by atoms with E-state index in [0.29, 0.717) is 5.82 Å². The van der Waals surface area contributed by atoms with Crippen LogP contribution in [0.5, 0.6) is 0 Å². The van der Waals surface area contributed by atoms with E-state index in [2.05, 4.69) is 4.98 Å². The molecule has 5 nitrogen and oxygen atoms in total. The van der Waals surface area contributed by atoms with E-state index in [1.807, 2.05) is 7.05 Å². The molecular weight excluding hydrogens is 238 g/mol. The molecule has 1 aromatic heterocycles. The summed E-state index contributed by atoms with van der Waals surface area (Å²) in [5, 5.41) is 0. The van der Waals surface area contributed by atoms with Crippen LogP contribution < -0.4 is 0 Å². The highest BCUT2D eigenvalue weighted by Crippen LogP contribution is 2.05. The fourth-order valence-corrected chi connectivity index (χ4v) is 2.50. The molecule has 0 radical (unpaired) electrons. The van der Waals surface area contributed by atoms with Crippen molar-refractivity contribution in [3.63, 3.8) is 0 Å². The molecular formula is C8H14ClN3O2S. The van der Waals surface area contributed by atoms with Gasteiger partial charge >= 0.3 is 0 Å². The van der Waals surface area contributed by atoms with Gasteiger partial charge in [0.05, 0.1) is 12.3 Å². The van der Waals surface area contributed by atoms with Crippen molar-refractivity contribution < 1.29 is 8.42 Å². The Kier molecular flexibility index (Phi) is 4.12. The van der Waals surface area contributed by atoms with Crippen LogP contribution in [0.4, 0.5) is 0 Å². The van der Waals surface area contributed by atoms with Gasteiger partial charge in [-0.3, -0.25) is 0 Å². The lowest BCUT2D eigenvalue weighted by molar-refractivity contribution is 0.452. The van der Waals surface area contributed by atoms with Gasteiger partial charge in [-0.05, 0) is 0 Å². The van der Waals surface area contributed by atoms with E-state index in [9.17, 15) is 8.42 Å². The van der Waals surface area contributed by atoms with E-state index < -0.39 is 10.0 Å². The number of hydrogen-bond donors (Lipinski definition) is 0. The first-order valence-electron chi connectivity index (χ1n) is 4.43.